The maximum absolute atomic E-state index is 9.28. The van der Waals surface area contributed by atoms with Crippen LogP contribution in [0, 0.1) is 25.2 Å². The van der Waals surface area contributed by atoms with E-state index in [0.29, 0.717) is 23.5 Å². The first-order valence-corrected chi connectivity index (χ1v) is 9.39. The molecule has 27 heavy (non-hydrogen) atoms. The number of nitrogens with one attached hydrogen (secondary N) is 1. The minimum Gasteiger partial charge on any atom is -0.438 e. The van der Waals surface area contributed by atoms with Gasteiger partial charge >= 0.3 is 0 Å². The van der Waals surface area contributed by atoms with Crippen LogP contribution in [-0.2, 0) is 13.0 Å². The van der Waals surface area contributed by atoms with E-state index in [1.165, 1.54) is 0 Å². The number of ether oxygens (including phenoxy) is 1. The Morgan fingerprint density at radius 1 is 1.22 bits per heavy atom. The van der Waals surface area contributed by atoms with Crippen molar-refractivity contribution in [2.45, 2.75) is 59.5 Å². The highest BCUT2D eigenvalue weighted by molar-refractivity contribution is 6.30. The summed E-state index contributed by atoms with van der Waals surface area (Å²) in [7, 11) is 0. The predicted octanol–water partition coefficient (Wildman–Crippen LogP) is 5.91. The molecule has 0 atom stereocenters. The molecule has 2 aromatic rings. The zero-order valence-corrected chi connectivity index (χ0v) is 17.9. The van der Waals surface area contributed by atoms with Crippen molar-refractivity contribution in [3.63, 3.8) is 0 Å². The van der Waals surface area contributed by atoms with Gasteiger partial charge in [0.1, 0.15) is 5.75 Å². The summed E-state index contributed by atoms with van der Waals surface area (Å²) in [5.41, 5.74) is 3.77. The molecule has 1 aromatic heterocycles. The summed E-state index contributed by atoms with van der Waals surface area (Å²) in [5, 5.41) is 13.5. The van der Waals surface area contributed by atoms with Gasteiger partial charge in [-0.05, 0) is 61.6 Å². The first-order valence-electron chi connectivity index (χ1n) is 9.01. The van der Waals surface area contributed by atoms with E-state index >= 15 is 0 Å². The third kappa shape index (κ3) is 6.10. The van der Waals surface area contributed by atoms with E-state index in [9.17, 15) is 5.26 Å². The van der Waals surface area contributed by atoms with Gasteiger partial charge in [-0.15, -0.1) is 12.4 Å². The zero-order chi connectivity index (χ0) is 19.1. The number of aromatic nitrogens is 1. The average Bonchev–Trinajstić information content (AvgIpc) is 2.61. The topological polar surface area (TPSA) is 57.9 Å². The third-order valence-corrected chi connectivity index (χ3v) is 4.78. The monoisotopic (exact) mass is 407 g/mol. The molecule has 4 nitrogen and oxygen atoms in total. The lowest BCUT2D eigenvalue weighted by molar-refractivity contribution is 0.446. The number of hydrogen-bond acceptors (Lipinski definition) is 4. The molecule has 0 saturated carbocycles. The molecule has 1 N–H and O–H groups in total. The van der Waals surface area contributed by atoms with Crippen LogP contribution < -0.4 is 10.1 Å². The van der Waals surface area contributed by atoms with Crippen LogP contribution in [0.4, 0.5) is 0 Å². The Morgan fingerprint density at radius 2 is 1.85 bits per heavy atom. The quantitative estimate of drug-likeness (QED) is 0.590. The van der Waals surface area contributed by atoms with Gasteiger partial charge in [-0.1, -0.05) is 25.4 Å². The van der Waals surface area contributed by atoms with Crippen molar-refractivity contribution in [3.05, 3.63) is 51.7 Å². The van der Waals surface area contributed by atoms with Crippen molar-refractivity contribution >= 4 is 24.0 Å². The van der Waals surface area contributed by atoms with E-state index in [1.807, 2.05) is 32.0 Å². The van der Waals surface area contributed by atoms with Crippen LogP contribution in [0.25, 0.3) is 0 Å². The molecular formula is C21H27Cl2N3O. The Balaban J connectivity index is 0.00000364. The second-order valence-corrected chi connectivity index (χ2v) is 6.89. The SMILES string of the molecule is CCC(CC)NCc1ccnc(Oc2c(C)cc(Cl)cc2C)c1CC#N.Cl. The van der Waals surface area contributed by atoms with Crippen molar-refractivity contribution in [1.82, 2.24) is 10.3 Å². The summed E-state index contributed by atoms with van der Waals surface area (Å²) in [5.74, 6) is 1.23. The minimum absolute atomic E-state index is 0. The van der Waals surface area contributed by atoms with Crippen LogP contribution in [0.3, 0.4) is 0 Å². The molecule has 0 aliphatic heterocycles. The van der Waals surface area contributed by atoms with E-state index in [-0.39, 0.29) is 18.8 Å². The Labute approximate surface area is 173 Å². The van der Waals surface area contributed by atoms with Crippen molar-refractivity contribution in [2.75, 3.05) is 0 Å². The Kier molecular flexibility index (Phi) is 9.59. The van der Waals surface area contributed by atoms with Crippen LogP contribution in [0.15, 0.2) is 24.4 Å². The summed E-state index contributed by atoms with van der Waals surface area (Å²) in [6.45, 7) is 8.95. The largest absolute Gasteiger partial charge is 0.438 e. The van der Waals surface area contributed by atoms with Gasteiger partial charge in [0.2, 0.25) is 5.88 Å². The van der Waals surface area contributed by atoms with Gasteiger partial charge in [0.15, 0.2) is 0 Å². The van der Waals surface area contributed by atoms with E-state index in [4.69, 9.17) is 16.3 Å². The Bertz CT molecular complexity index is 775. The molecule has 1 aromatic carbocycles. The van der Waals surface area contributed by atoms with Crippen molar-refractivity contribution in [3.8, 4) is 17.7 Å². The van der Waals surface area contributed by atoms with E-state index in [1.54, 1.807) is 6.20 Å². The molecule has 0 aliphatic carbocycles. The maximum Gasteiger partial charge on any atom is 0.223 e. The van der Waals surface area contributed by atoms with Gasteiger partial charge in [-0.25, -0.2) is 4.98 Å². The second kappa shape index (κ2) is 11.1. The molecule has 0 bridgehead atoms. The summed E-state index contributed by atoms with van der Waals surface area (Å²) < 4.78 is 6.13. The van der Waals surface area contributed by atoms with Gasteiger partial charge in [-0.2, -0.15) is 5.26 Å². The fourth-order valence-electron chi connectivity index (χ4n) is 3.02. The van der Waals surface area contributed by atoms with Crippen molar-refractivity contribution in [1.29, 1.82) is 5.26 Å². The second-order valence-electron chi connectivity index (χ2n) is 6.45. The molecule has 2 rings (SSSR count). The highest BCUT2D eigenvalue weighted by atomic mass is 35.5. The lowest BCUT2D eigenvalue weighted by atomic mass is 10.1. The van der Waals surface area contributed by atoms with Crippen LogP contribution in [-0.4, -0.2) is 11.0 Å². The van der Waals surface area contributed by atoms with Gasteiger partial charge < -0.3 is 10.1 Å². The molecule has 1 heterocycles. The number of benzene rings is 1. The fraction of sp³-hybridized carbons (Fsp3) is 0.429. The standard InChI is InChI=1S/C21H26ClN3O.ClH/c1-5-18(6-2)25-13-16-8-10-24-21(19(16)7-9-23)26-20-14(3)11-17(22)12-15(20)4;/h8,10-12,18,25H,5-7,13H2,1-4H3;1H. The zero-order valence-electron chi connectivity index (χ0n) is 16.3. The number of hydrogen-bond donors (Lipinski definition) is 1. The first kappa shape index (κ1) is 23.2. The minimum atomic E-state index is 0. The Morgan fingerprint density at radius 3 is 2.41 bits per heavy atom. The number of halogens is 2. The molecule has 0 fully saturated rings. The molecule has 0 amide bonds. The lowest BCUT2D eigenvalue weighted by Crippen LogP contribution is -2.27. The fourth-order valence-corrected chi connectivity index (χ4v) is 3.35. The van der Waals surface area contributed by atoms with E-state index < -0.39 is 0 Å². The highest BCUT2D eigenvalue weighted by Crippen LogP contribution is 2.33. The molecular weight excluding hydrogens is 381 g/mol. The highest BCUT2D eigenvalue weighted by Gasteiger charge is 2.15. The predicted molar refractivity (Wildman–Crippen MR) is 113 cm³/mol. The summed E-state index contributed by atoms with van der Waals surface area (Å²) in [6.07, 6.45) is 4.14. The number of pyridine rings is 1. The summed E-state index contributed by atoms with van der Waals surface area (Å²) >= 11 is 6.11. The van der Waals surface area contributed by atoms with Gasteiger partial charge in [0.05, 0.1) is 12.5 Å². The van der Waals surface area contributed by atoms with Crippen molar-refractivity contribution in [2.24, 2.45) is 0 Å². The maximum atomic E-state index is 9.28. The molecule has 6 heteroatoms. The molecule has 146 valence electrons. The van der Waals surface area contributed by atoms with Gasteiger partial charge in [0.25, 0.3) is 0 Å². The van der Waals surface area contributed by atoms with Crippen molar-refractivity contribution < 1.29 is 4.74 Å². The number of rotatable bonds is 8. The first-order chi connectivity index (χ1) is 12.5. The Hall–Kier alpha value is -1.80. The molecule has 0 saturated heterocycles. The lowest BCUT2D eigenvalue weighted by Gasteiger charge is -2.18. The molecule has 0 aliphatic rings. The van der Waals surface area contributed by atoms with Crippen LogP contribution in [0.5, 0.6) is 11.6 Å². The summed E-state index contributed by atoms with van der Waals surface area (Å²) in [4.78, 5) is 4.39. The summed E-state index contributed by atoms with van der Waals surface area (Å²) in [6, 6.07) is 8.39. The normalized spacial score (nSPS) is 10.4. The number of aryl methyl sites for hydroxylation is 2. The molecule has 0 spiro atoms. The van der Waals surface area contributed by atoms with E-state index in [0.717, 1.165) is 40.8 Å². The molecule has 0 unspecified atom stereocenters. The third-order valence-electron chi connectivity index (χ3n) is 4.56. The van der Waals surface area contributed by atoms with Crippen LogP contribution in [0.2, 0.25) is 5.02 Å². The average molecular weight is 408 g/mol. The smallest absolute Gasteiger partial charge is 0.223 e. The van der Waals surface area contributed by atoms with Crippen LogP contribution in [0.1, 0.15) is 48.9 Å². The van der Waals surface area contributed by atoms with E-state index in [2.05, 4.69) is 30.2 Å². The number of nitriles is 1. The molecule has 0 radical (unpaired) electrons. The van der Waals surface area contributed by atoms with Gasteiger partial charge in [-0.3, -0.25) is 0 Å². The number of nitrogens with zero attached hydrogens (tertiary/aromatic N) is 2. The van der Waals surface area contributed by atoms with Gasteiger partial charge in [0, 0.05) is 29.4 Å². The van der Waals surface area contributed by atoms with Crippen LogP contribution >= 0.6 is 24.0 Å².